The highest BCUT2D eigenvalue weighted by Gasteiger charge is 2.11. The lowest BCUT2D eigenvalue weighted by molar-refractivity contribution is 0.144. The Bertz CT molecular complexity index is 463. The maximum Gasteiger partial charge on any atom is 0.152 e. The van der Waals surface area contributed by atoms with Crippen LogP contribution in [0.4, 0.5) is 0 Å². The molecule has 1 rings (SSSR count). The van der Waals surface area contributed by atoms with E-state index in [1.165, 1.54) is 0 Å². The van der Waals surface area contributed by atoms with Crippen LogP contribution in [0, 0.1) is 0 Å². The van der Waals surface area contributed by atoms with Crippen LogP contribution in [0.15, 0.2) is 0 Å². The Kier molecular flexibility index (Phi) is 11.2. The lowest BCUT2D eigenvalue weighted by Crippen LogP contribution is -2.16. The molecule has 0 atom stereocenters. The molecule has 24 heavy (non-hydrogen) atoms. The van der Waals surface area contributed by atoms with E-state index in [4.69, 9.17) is 4.74 Å². The van der Waals surface area contributed by atoms with Crippen LogP contribution in [0.2, 0.25) is 0 Å². The maximum absolute atomic E-state index is 11.9. The van der Waals surface area contributed by atoms with Crippen molar-refractivity contribution < 1.29 is 21.6 Å². The summed E-state index contributed by atoms with van der Waals surface area (Å²) < 4.78 is 53.0. The van der Waals surface area contributed by atoms with Crippen molar-refractivity contribution in [3.8, 4) is 0 Å². The molecule has 0 amide bonds. The molecular weight excluding hydrogens is 348 g/mol. The van der Waals surface area contributed by atoms with Gasteiger partial charge in [0.2, 0.25) is 0 Å². The van der Waals surface area contributed by atoms with Gasteiger partial charge in [0.25, 0.3) is 0 Å². The van der Waals surface area contributed by atoms with Crippen molar-refractivity contribution in [3.05, 3.63) is 0 Å². The second-order valence-electron chi connectivity index (χ2n) is 6.81. The quantitative estimate of drug-likeness (QED) is 0.643. The summed E-state index contributed by atoms with van der Waals surface area (Å²) in [4.78, 5) is 0. The number of sulfone groups is 2. The molecule has 0 radical (unpaired) electrons. The molecule has 1 heterocycles. The Labute approximate surface area is 148 Å². The molecule has 5 nitrogen and oxygen atoms in total. The highest BCUT2D eigenvalue weighted by Crippen LogP contribution is 2.11. The topological polar surface area (TPSA) is 77.5 Å². The van der Waals surface area contributed by atoms with Gasteiger partial charge in [-0.15, -0.1) is 0 Å². The Hall–Kier alpha value is -0.140. The van der Waals surface area contributed by atoms with Crippen molar-refractivity contribution >= 4 is 19.7 Å². The van der Waals surface area contributed by atoms with Crippen LogP contribution in [0.5, 0.6) is 0 Å². The summed E-state index contributed by atoms with van der Waals surface area (Å²) in [5, 5.41) is 0. The van der Waals surface area contributed by atoms with E-state index in [0.29, 0.717) is 18.8 Å². The molecule has 0 saturated carbocycles. The van der Waals surface area contributed by atoms with Crippen LogP contribution in [-0.4, -0.2) is 53.1 Å². The van der Waals surface area contributed by atoms with Gasteiger partial charge < -0.3 is 4.74 Å². The number of hydrogen-bond donors (Lipinski definition) is 0. The lowest BCUT2D eigenvalue weighted by atomic mass is 10.1. The Morgan fingerprint density at radius 1 is 0.417 bits per heavy atom. The standard InChI is InChI=1S/C17H34O5S2/c18-23(19)14-9-5-3-1-2-4-6-10-16-24(20,21)17-13-22-12-8-7-11-15-23/h1-17H2. The first-order valence-corrected chi connectivity index (χ1v) is 13.0. The fourth-order valence-electron chi connectivity index (χ4n) is 2.90. The molecule has 1 saturated heterocycles. The van der Waals surface area contributed by atoms with E-state index in [0.717, 1.165) is 64.2 Å². The van der Waals surface area contributed by atoms with Gasteiger partial charge in [0, 0.05) is 6.61 Å². The lowest BCUT2D eigenvalue weighted by Gasteiger charge is -2.08. The van der Waals surface area contributed by atoms with Gasteiger partial charge in [-0.05, 0) is 25.7 Å². The van der Waals surface area contributed by atoms with Crippen molar-refractivity contribution in [2.45, 2.75) is 70.6 Å². The average molecular weight is 383 g/mol. The third-order valence-electron chi connectivity index (χ3n) is 4.44. The van der Waals surface area contributed by atoms with Crippen LogP contribution in [0.25, 0.3) is 0 Å². The van der Waals surface area contributed by atoms with Gasteiger partial charge in [0.05, 0.1) is 29.6 Å². The van der Waals surface area contributed by atoms with Crippen molar-refractivity contribution in [2.24, 2.45) is 0 Å². The number of rotatable bonds is 0. The first kappa shape index (κ1) is 21.9. The van der Waals surface area contributed by atoms with E-state index in [9.17, 15) is 16.8 Å². The summed E-state index contributed by atoms with van der Waals surface area (Å²) in [7, 11) is -5.90. The van der Waals surface area contributed by atoms with Crippen LogP contribution < -0.4 is 0 Å². The normalized spacial score (nSPS) is 26.3. The first-order valence-electron chi connectivity index (χ1n) is 9.40. The highest BCUT2D eigenvalue weighted by molar-refractivity contribution is 7.91. The van der Waals surface area contributed by atoms with E-state index < -0.39 is 19.7 Å². The van der Waals surface area contributed by atoms with Gasteiger partial charge in [-0.3, -0.25) is 0 Å². The van der Waals surface area contributed by atoms with Crippen LogP contribution in [0.3, 0.4) is 0 Å². The zero-order valence-electron chi connectivity index (χ0n) is 14.9. The first-order chi connectivity index (χ1) is 11.4. The predicted molar refractivity (Wildman–Crippen MR) is 98.9 cm³/mol. The second kappa shape index (κ2) is 12.3. The number of hydrogen-bond acceptors (Lipinski definition) is 5. The van der Waals surface area contributed by atoms with Gasteiger partial charge >= 0.3 is 0 Å². The molecular formula is C17H34O5S2. The number of ether oxygens (including phenoxy) is 1. The predicted octanol–water partition coefficient (Wildman–Crippen LogP) is 3.14. The minimum absolute atomic E-state index is 0.0986. The fraction of sp³-hybridized carbons (Fsp3) is 1.00. The molecule has 0 aromatic rings. The molecule has 144 valence electrons. The van der Waals surface area contributed by atoms with E-state index in [-0.39, 0.29) is 23.9 Å². The van der Waals surface area contributed by atoms with Gasteiger partial charge in [-0.25, -0.2) is 16.8 Å². The van der Waals surface area contributed by atoms with Crippen LogP contribution >= 0.6 is 0 Å². The Morgan fingerprint density at radius 3 is 1.29 bits per heavy atom. The largest absolute Gasteiger partial charge is 0.380 e. The molecule has 0 aromatic carbocycles. The van der Waals surface area contributed by atoms with Gasteiger partial charge in [-0.2, -0.15) is 0 Å². The highest BCUT2D eigenvalue weighted by atomic mass is 32.2. The monoisotopic (exact) mass is 382 g/mol. The van der Waals surface area contributed by atoms with Crippen molar-refractivity contribution in [3.63, 3.8) is 0 Å². The molecule has 0 aromatic heterocycles. The SMILES string of the molecule is O=S1(=O)CCCCCCCCCCS(=O)(=O)CCOCCCCC1. The van der Waals surface area contributed by atoms with Crippen LogP contribution in [-0.2, 0) is 24.4 Å². The summed E-state index contributed by atoms with van der Waals surface area (Å²) in [6.45, 7) is 0.760. The molecule has 1 fully saturated rings. The van der Waals surface area contributed by atoms with E-state index in [1.807, 2.05) is 0 Å². The van der Waals surface area contributed by atoms with Gasteiger partial charge in [-0.1, -0.05) is 44.9 Å². The molecule has 0 aliphatic carbocycles. The fourth-order valence-corrected chi connectivity index (χ4v) is 5.61. The Balaban J connectivity index is 2.35. The summed E-state index contributed by atoms with van der Waals surface area (Å²) in [5.41, 5.74) is 0. The van der Waals surface area contributed by atoms with E-state index >= 15 is 0 Å². The summed E-state index contributed by atoms with van der Waals surface area (Å²) in [6.07, 6.45) is 10.1. The van der Waals surface area contributed by atoms with Crippen molar-refractivity contribution in [2.75, 3.05) is 36.2 Å². The summed E-state index contributed by atoms with van der Waals surface area (Å²) in [6, 6.07) is 0. The van der Waals surface area contributed by atoms with Gasteiger partial charge in [0.15, 0.2) is 9.84 Å². The van der Waals surface area contributed by atoms with E-state index in [1.54, 1.807) is 0 Å². The van der Waals surface area contributed by atoms with E-state index in [2.05, 4.69) is 0 Å². The van der Waals surface area contributed by atoms with Crippen molar-refractivity contribution in [1.82, 2.24) is 0 Å². The zero-order valence-corrected chi connectivity index (χ0v) is 16.5. The Morgan fingerprint density at radius 2 is 0.792 bits per heavy atom. The second-order valence-corrected chi connectivity index (χ2v) is 11.4. The molecule has 0 N–H and O–H groups in total. The minimum Gasteiger partial charge on any atom is -0.380 e. The molecule has 1 aliphatic rings. The third-order valence-corrected chi connectivity index (χ3v) is 7.96. The van der Waals surface area contributed by atoms with Crippen molar-refractivity contribution in [1.29, 1.82) is 0 Å². The molecule has 0 bridgehead atoms. The zero-order chi connectivity index (χ0) is 17.7. The van der Waals surface area contributed by atoms with Gasteiger partial charge in [0.1, 0.15) is 9.84 Å². The smallest absolute Gasteiger partial charge is 0.152 e. The summed E-state index contributed by atoms with van der Waals surface area (Å²) >= 11 is 0. The third kappa shape index (κ3) is 12.3. The molecule has 0 unspecified atom stereocenters. The minimum atomic E-state index is -2.99. The molecule has 7 heteroatoms. The molecule has 1 aliphatic heterocycles. The van der Waals surface area contributed by atoms with Crippen LogP contribution in [0.1, 0.15) is 70.6 Å². The molecule has 0 spiro atoms. The maximum atomic E-state index is 11.9. The average Bonchev–Trinajstić information content (AvgIpc) is 2.50. The summed E-state index contributed by atoms with van der Waals surface area (Å²) in [5.74, 6) is 0.957.